The van der Waals surface area contributed by atoms with Crippen molar-refractivity contribution in [2.45, 2.75) is 45.6 Å². The lowest BCUT2D eigenvalue weighted by molar-refractivity contribution is -0.137. The summed E-state index contributed by atoms with van der Waals surface area (Å²) in [5.74, 6) is -1.09. The van der Waals surface area contributed by atoms with Gasteiger partial charge in [-0.15, -0.1) is 0 Å². The van der Waals surface area contributed by atoms with Crippen LogP contribution in [0, 0.1) is 5.92 Å². The molecule has 140 valence electrons. The summed E-state index contributed by atoms with van der Waals surface area (Å²) < 4.78 is 0. The summed E-state index contributed by atoms with van der Waals surface area (Å²) in [4.78, 5) is 39.3. The first-order valence-electron chi connectivity index (χ1n) is 9.00. The second kappa shape index (κ2) is 9.17. The molecule has 1 aromatic rings. The molecular weight excluding hydrogens is 332 g/mol. The van der Waals surface area contributed by atoms with E-state index in [1.807, 2.05) is 19.9 Å². The Morgan fingerprint density at radius 3 is 2.38 bits per heavy atom. The van der Waals surface area contributed by atoms with Gasteiger partial charge in [0.05, 0.1) is 0 Å². The number of carbonyl (C=O) groups excluding carboxylic acids is 2. The van der Waals surface area contributed by atoms with Crippen molar-refractivity contribution in [1.82, 2.24) is 9.80 Å². The van der Waals surface area contributed by atoms with E-state index in [1.165, 1.54) is 4.90 Å². The van der Waals surface area contributed by atoms with Gasteiger partial charge in [0.15, 0.2) is 0 Å². The van der Waals surface area contributed by atoms with Gasteiger partial charge in [-0.05, 0) is 30.9 Å². The van der Waals surface area contributed by atoms with Crippen LogP contribution in [0.5, 0.6) is 0 Å². The summed E-state index contributed by atoms with van der Waals surface area (Å²) in [6.07, 6.45) is 5.58. The number of nitrogens with zero attached hydrogens (tertiary/aromatic N) is 2. The molecule has 1 aliphatic heterocycles. The van der Waals surface area contributed by atoms with Gasteiger partial charge in [-0.3, -0.25) is 14.4 Å². The number of hydrogen-bond acceptors (Lipinski definition) is 3. The van der Waals surface area contributed by atoms with Crippen molar-refractivity contribution in [2.75, 3.05) is 6.54 Å². The van der Waals surface area contributed by atoms with Crippen LogP contribution in [0.3, 0.4) is 0 Å². The van der Waals surface area contributed by atoms with Crippen molar-refractivity contribution in [1.29, 1.82) is 0 Å². The van der Waals surface area contributed by atoms with Crippen molar-refractivity contribution in [2.24, 2.45) is 5.92 Å². The fraction of sp³-hybridized carbons (Fsp3) is 0.450. The lowest BCUT2D eigenvalue weighted by Crippen LogP contribution is -2.53. The number of carboxylic acids is 1. The summed E-state index contributed by atoms with van der Waals surface area (Å²) in [5, 5.41) is 8.66. The monoisotopic (exact) mass is 358 g/mol. The highest BCUT2D eigenvalue weighted by atomic mass is 16.4. The van der Waals surface area contributed by atoms with Crippen LogP contribution in [0.25, 0.3) is 0 Å². The number of hydrogen-bond donors (Lipinski definition) is 1. The Bertz CT molecular complexity index is 670. The average Bonchev–Trinajstić information content (AvgIpc) is 2.62. The normalized spacial score (nSPS) is 17.0. The molecule has 0 spiro atoms. The van der Waals surface area contributed by atoms with Crippen molar-refractivity contribution in [3.05, 3.63) is 48.3 Å². The Morgan fingerprint density at radius 1 is 1.08 bits per heavy atom. The molecule has 0 saturated carbocycles. The summed E-state index contributed by atoms with van der Waals surface area (Å²) >= 11 is 0. The lowest BCUT2D eigenvalue weighted by atomic mass is 9.98. The summed E-state index contributed by atoms with van der Waals surface area (Å²) in [6, 6.07) is 8.40. The fourth-order valence-corrected chi connectivity index (χ4v) is 3.06. The molecular formula is C20H26N2O4. The van der Waals surface area contributed by atoms with E-state index < -0.39 is 12.0 Å². The fourth-order valence-electron chi connectivity index (χ4n) is 3.06. The molecule has 1 heterocycles. The largest absolute Gasteiger partial charge is 0.481 e. The predicted octanol–water partition coefficient (Wildman–Crippen LogP) is 3.11. The average molecular weight is 358 g/mol. The van der Waals surface area contributed by atoms with Gasteiger partial charge in [0, 0.05) is 30.9 Å². The zero-order chi connectivity index (χ0) is 19.1. The first-order chi connectivity index (χ1) is 12.4. The minimum Gasteiger partial charge on any atom is -0.481 e. The molecule has 0 aromatic heterocycles. The highest BCUT2D eigenvalue weighted by Gasteiger charge is 2.36. The van der Waals surface area contributed by atoms with E-state index in [0.717, 1.165) is 12.8 Å². The van der Waals surface area contributed by atoms with E-state index in [4.69, 9.17) is 5.11 Å². The molecule has 6 nitrogen and oxygen atoms in total. The van der Waals surface area contributed by atoms with Crippen molar-refractivity contribution < 1.29 is 19.5 Å². The van der Waals surface area contributed by atoms with E-state index in [1.54, 1.807) is 41.6 Å². The van der Waals surface area contributed by atoms with E-state index >= 15 is 0 Å². The highest BCUT2D eigenvalue weighted by molar-refractivity contribution is 5.99. The maximum Gasteiger partial charge on any atom is 0.303 e. The summed E-state index contributed by atoms with van der Waals surface area (Å²) in [7, 11) is 0. The van der Waals surface area contributed by atoms with Crippen LogP contribution in [0.1, 0.15) is 49.9 Å². The third kappa shape index (κ3) is 4.94. The van der Waals surface area contributed by atoms with Crippen molar-refractivity contribution in [3.63, 3.8) is 0 Å². The minimum absolute atomic E-state index is 0.0189. The lowest BCUT2D eigenvalue weighted by Gasteiger charge is -2.38. The van der Waals surface area contributed by atoms with Gasteiger partial charge in [-0.25, -0.2) is 0 Å². The third-order valence-electron chi connectivity index (χ3n) is 4.42. The predicted molar refractivity (Wildman–Crippen MR) is 98.2 cm³/mol. The first-order valence-corrected chi connectivity index (χ1v) is 9.00. The second-order valence-corrected chi connectivity index (χ2v) is 6.80. The number of amides is 2. The van der Waals surface area contributed by atoms with E-state index in [0.29, 0.717) is 18.5 Å². The van der Waals surface area contributed by atoms with Crippen LogP contribution >= 0.6 is 0 Å². The number of aliphatic carboxylic acids is 1. The second-order valence-electron chi connectivity index (χ2n) is 6.80. The number of carbonyl (C=O) groups is 3. The summed E-state index contributed by atoms with van der Waals surface area (Å²) in [5.41, 5.74) is 0.553. The molecule has 0 radical (unpaired) electrons. The van der Waals surface area contributed by atoms with E-state index in [2.05, 4.69) is 0 Å². The Kier molecular flexibility index (Phi) is 6.95. The van der Waals surface area contributed by atoms with E-state index in [-0.39, 0.29) is 24.2 Å². The topological polar surface area (TPSA) is 77.9 Å². The first kappa shape index (κ1) is 19.7. The molecule has 2 amide bonds. The number of benzene rings is 1. The van der Waals surface area contributed by atoms with Crippen LogP contribution in [0.4, 0.5) is 0 Å². The van der Waals surface area contributed by atoms with E-state index in [9.17, 15) is 14.4 Å². The molecule has 2 rings (SSSR count). The van der Waals surface area contributed by atoms with Gasteiger partial charge in [0.1, 0.15) is 6.04 Å². The van der Waals surface area contributed by atoms with Gasteiger partial charge >= 0.3 is 5.97 Å². The van der Waals surface area contributed by atoms with Crippen LogP contribution in [-0.2, 0) is 9.59 Å². The van der Waals surface area contributed by atoms with Gasteiger partial charge < -0.3 is 14.9 Å². The molecule has 0 fully saturated rings. The molecule has 0 bridgehead atoms. The van der Waals surface area contributed by atoms with Crippen LogP contribution in [-0.4, -0.2) is 45.3 Å². The van der Waals surface area contributed by atoms with Gasteiger partial charge in [0.2, 0.25) is 5.91 Å². The number of rotatable bonds is 8. The van der Waals surface area contributed by atoms with Gasteiger partial charge in [-0.1, -0.05) is 38.5 Å². The smallest absolute Gasteiger partial charge is 0.303 e. The molecule has 6 heteroatoms. The molecule has 1 N–H and O–H groups in total. The Labute approximate surface area is 154 Å². The van der Waals surface area contributed by atoms with Gasteiger partial charge in [0.25, 0.3) is 5.91 Å². The molecule has 1 aliphatic rings. The number of carboxylic acid groups (broad SMARTS) is 1. The van der Waals surface area contributed by atoms with Crippen LogP contribution in [0.15, 0.2) is 42.7 Å². The zero-order valence-electron chi connectivity index (χ0n) is 15.3. The molecule has 0 aliphatic carbocycles. The Balaban J connectivity index is 2.04. The highest BCUT2D eigenvalue weighted by Crippen LogP contribution is 2.22. The Morgan fingerprint density at radius 2 is 1.77 bits per heavy atom. The molecule has 1 aromatic carbocycles. The van der Waals surface area contributed by atoms with Crippen molar-refractivity contribution in [3.8, 4) is 0 Å². The standard InChI is InChI=1S/C20H26N2O4/c1-15(2)18-20(26)21(12-8-4-7-11-17(23)24)13-14-22(18)19(25)16-9-5-3-6-10-16/h3,5-6,9-10,13-15,18H,4,7-8,11-12H2,1-2H3,(H,23,24). The maximum atomic E-state index is 12.9. The molecule has 1 unspecified atom stereocenters. The molecule has 26 heavy (non-hydrogen) atoms. The summed E-state index contributed by atoms with van der Waals surface area (Å²) in [6.45, 7) is 4.39. The van der Waals surface area contributed by atoms with Crippen LogP contribution in [0.2, 0.25) is 0 Å². The molecule has 1 atom stereocenters. The van der Waals surface area contributed by atoms with Gasteiger partial charge in [-0.2, -0.15) is 0 Å². The molecule has 0 saturated heterocycles. The van der Waals surface area contributed by atoms with Crippen molar-refractivity contribution >= 4 is 17.8 Å². The third-order valence-corrected chi connectivity index (χ3v) is 4.42. The number of unbranched alkanes of at least 4 members (excludes halogenated alkanes) is 2. The SMILES string of the molecule is CC(C)C1C(=O)N(CCCCCC(=O)O)C=CN1C(=O)c1ccccc1. The Hall–Kier alpha value is -2.63. The quantitative estimate of drug-likeness (QED) is 0.724. The van der Waals surface area contributed by atoms with Crippen LogP contribution < -0.4 is 0 Å². The minimum atomic E-state index is -0.797. The maximum absolute atomic E-state index is 12.9. The zero-order valence-corrected chi connectivity index (χ0v) is 15.3.